The third-order valence-electron chi connectivity index (χ3n) is 3.18. The lowest BCUT2D eigenvalue weighted by Crippen LogP contribution is -2.41. The third kappa shape index (κ3) is 5.95. The van der Waals surface area contributed by atoms with Gasteiger partial charge in [0.1, 0.15) is 0 Å². The summed E-state index contributed by atoms with van der Waals surface area (Å²) in [7, 11) is 1.98. The van der Waals surface area contributed by atoms with Gasteiger partial charge in [-0.3, -0.25) is 4.99 Å². The van der Waals surface area contributed by atoms with Gasteiger partial charge in [-0.2, -0.15) is 0 Å². The van der Waals surface area contributed by atoms with E-state index in [9.17, 15) is 13.2 Å². The Morgan fingerprint density at radius 1 is 1.48 bits per heavy atom. The summed E-state index contributed by atoms with van der Waals surface area (Å²) >= 11 is 0. The van der Waals surface area contributed by atoms with Crippen LogP contribution in [-0.4, -0.2) is 56.6 Å². The van der Waals surface area contributed by atoms with Gasteiger partial charge < -0.3 is 25.4 Å². The summed E-state index contributed by atoms with van der Waals surface area (Å²) in [5, 5.41) is 2.62. The Hall–Kier alpha value is -2.00. The molecule has 128 valence electrons. The molecule has 0 saturated carbocycles. The maximum Gasteiger partial charge on any atom is 0.573 e. The van der Waals surface area contributed by atoms with E-state index in [-0.39, 0.29) is 23.5 Å². The standard InChI is InChI=1S/C14H19F3N4O2/c1-21-6-7-22-10(9-21)8-19-13(18)20-11-4-2-3-5-12(11)23-14(15,16)17/h2-5,10H,6-9H2,1H3,(H3,18,19,20). The molecular weight excluding hydrogens is 313 g/mol. The summed E-state index contributed by atoms with van der Waals surface area (Å²) in [6.45, 7) is 2.53. The highest BCUT2D eigenvalue weighted by atomic mass is 19.4. The SMILES string of the molecule is CN1CCOC(CN=C(N)Nc2ccccc2OC(F)(F)F)C1. The average molecular weight is 332 g/mol. The fraction of sp³-hybridized carbons (Fsp3) is 0.500. The van der Waals surface area contributed by atoms with Crippen molar-refractivity contribution < 1.29 is 22.6 Å². The number of halogens is 3. The summed E-state index contributed by atoms with van der Waals surface area (Å²) in [5.41, 5.74) is 5.81. The number of ether oxygens (including phenoxy) is 2. The quantitative estimate of drug-likeness (QED) is 0.648. The molecule has 1 aliphatic rings. The van der Waals surface area contributed by atoms with E-state index in [1.165, 1.54) is 18.2 Å². The molecule has 6 nitrogen and oxygen atoms in total. The van der Waals surface area contributed by atoms with E-state index in [0.29, 0.717) is 13.2 Å². The first-order chi connectivity index (χ1) is 10.8. The summed E-state index contributed by atoms with van der Waals surface area (Å²) in [4.78, 5) is 6.22. The predicted octanol–water partition coefficient (Wildman–Crippen LogP) is 1.64. The number of para-hydroxylation sites is 2. The van der Waals surface area contributed by atoms with Crippen LogP contribution in [0.15, 0.2) is 29.3 Å². The number of hydrogen-bond donors (Lipinski definition) is 2. The van der Waals surface area contributed by atoms with Crippen LogP contribution >= 0.6 is 0 Å². The Bertz CT molecular complexity index is 551. The second-order valence-electron chi connectivity index (χ2n) is 5.15. The first-order valence-electron chi connectivity index (χ1n) is 7.05. The van der Waals surface area contributed by atoms with Crippen molar-refractivity contribution in [3.63, 3.8) is 0 Å². The average Bonchev–Trinajstić information content (AvgIpc) is 2.46. The number of nitrogens with two attached hydrogens (primary N) is 1. The van der Waals surface area contributed by atoms with Gasteiger partial charge in [0.05, 0.1) is 24.9 Å². The molecule has 1 saturated heterocycles. The molecule has 0 amide bonds. The number of guanidine groups is 1. The van der Waals surface area contributed by atoms with Crippen molar-refractivity contribution in [2.45, 2.75) is 12.5 Å². The van der Waals surface area contributed by atoms with Gasteiger partial charge in [-0.15, -0.1) is 13.2 Å². The van der Waals surface area contributed by atoms with E-state index in [4.69, 9.17) is 10.5 Å². The molecular formula is C14H19F3N4O2. The minimum absolute atomic E-state index is 0.0000472. The molecule has 1 heterocycles. The Morgan fingerprint density at radius 2 is 2.22 bits per heavy atom. The molecule has 1 fully saturated rings. The highest BCUT2D eigenvalue weighted by molar-refractivity contribution is 5.93. The van der Waals surface area contributed by atoms with E-state index in [2.05, 4.69) is 19.9 Å². The van der Waals surface area contributed by atoms with E-state index >= 15 is 0 Å². The highest BCUT2D eigenvalue weighted by Crippen LogP contribution is 2.29. The second kappa shape index (κ2) is 7.51. The van der Waals surface area contributed by atoms with Crippen molar-refractivity contribution in [1.82, 2.24) is 4.90 Å². The van der Waals surface area contributed by atoms with Crippen LogP contribution in [-0.2, 0) is 4.74 Å². The van der Waals surface area contributed by atoms with Crippen LogP contribution in [0.3, 0.4) is 0 Å². The number of aliphatic imine (C=N–C) groups is 1. The first kappa shape index (κ1) is 17.4. The molecule has 1 unspecified atom stereocenters. The van der Waals surface area contributed by atoms with Crippen molar-refractivity contribution >= 4 is 11.6 Å². The van der Waals surface area contributed by atoms with Crippen LogP contribution in [0.4, 0.5) is 18.9 Å². The Kier molecular flexibility index (Phi) is 5.67. The summed E-state index contributed by atoms with van der Waals surface area (Å²) in [6, 6.07) is 5.62. The van der Waals surface area contributed by atoms with Gasteiger partial charge in [-0.05, 0) is 19.2 Å². The summed E-state index contributed by atoms with van der Waals surface area (Å²) < 4.78 is 46.5. The minimum Gasteiger partial charge on any atom is -0.404 e. The number of rotatable bonds is 4. The third-order valence-corrected chi connectivity index (χ3v) is 3.18. The number of nitrogens with zero attached hydrogens (tertiary/aromatic N) is 2. The van der Waals surface area contributed by atoms with E-state index in [1.54, 1.807) is 6.07 Å². The van der Waals surface area contributed by atoms with Crippen molar-refractivity contribution in [3.8, 4) is 5.75 Å². The van der Waals surface area contributed by atoms with Crippen LogP contribution in [0.2, 0.25) is 0 Å². The molecule has 2 rings (SSSR count). The zero-order chi connectivity index (χ0) is 16.9. The molecule has 23 heavy (non-hydrogen) atoms. The number of alkyl halides is 3. The smallest absolute Gasteiger partial charge is 0.404 e. The second-order valence-corrected chi connectivity index (χ2v) is 5.15. The molecule has 1 aromatic rings. The number of nitrogens with one attached hydrogen (secondary N) is 1. The molecule has 1 atom stereocenters. The summed E-state index contributed by atoms with van der Waals surface area (Å²) in [6.07, 6.45) is -4.86. The molecule has 0 aliphatic carbocycles. The monoisotopic (exact) mass is 332 g/mol. The lowest BCUT2D eigenvalue weighted by Gasteiger charge is -2.29. The van der Waals surface area contributed by atoms with Crippen LogP contribution in [0.25, 0.3) is 0 Å². The van der Waals surface area contributed by atoms with E-state index in [1.807, 2.05) is 7.05 Å². The van der Waals surface area contributed by atoms with Gasteiger partial charge in [-0.1, -0.05) is 12.1 Å². The van der Waals surface area contributed by atoms with Gasteiger partial charge in [0, 0.05) is 13.1 Å². The maximum absolute atomic E-state index is 12.4. The van der Waals surface area contributed by atoms with Crippen LogP contribution in [0.1, 0.15) is 0 Å². The Balaban J connectivity index is 1.96. The Morgan fingerprint density at radius 3 is 2.91 bits per heavy atom. The van der Waals surface area contributed by atoms with E-state index in [0.717, 1.165) is 13.1 Å². The minimum atomic E-state index is -4.77. The largest absolute Gasteiger partial charge is 0.573 e. The topological polar surface area (TPSA) is 72.1 Å². The van der Waals surface area contributed by atoms with Crippen molar-refractivity contribution in [1.29, 1.82) is 0 Å². The van der Waals surface area contributed by atoms with Crippen LogP contribution < -0.4 is 15.8 Å². The molecule has 0 spiro atoms. The molecule has 0 bridgehead atoms. The zero-order valence-electron chi connectivity index (χ0n) is 12.6. The normalized spacial score (nSPS) is 20.3. The number of likely N-dealkylation sites (N-methyl/N-ethyl adjacent to an activating group) is 1. The molecule has 9 heteroatoms. The lowest BCUT2D eigenvalue weighted by atomic mass is 10.3. The van der Waals surface area contributed by atoms with E-state index < -0.39 is 6.36 Å². The van der Waals surface area contributed by atoms with Gasteiger partial charge >= 0.3 is 6.36 Å². The first-order valence-corrected chi connectivity index (χ1v) is 7.05. The molecule has 3 N–H and O–H groups in total. The van der Waals surface area contributed by atoms with Gasteiger partial charge in [-0.25, -0.2) is 0 Å². The predicted molar refractivity (Wildman–Crippen MR) is 80.5 cm³/mol. The molecule has 0 radical (unpaired) electrons. The fourth-order valence-electron chi connectivity index (χ4n) is 2.14. The van der Waals surface area contributed by atoms with Crippen molar-refractivity contribution in [2.24, 2.45) is 10.7 Å². The fourth-order valence-corrected chi connectivity index (χ4v) is 2.14. The lowest BCUT2D eigenvalue weighted by molar-refractivity contribution is -0.274. The molecule has 1 aliphatic heterocycles. The van der Waals surface area contributed by atoms with Gasteiger partial charge in [0.2, 0.25) is 0 Å². The maximum atomic E-state index is 12.4. The van der Waals surface area contributed by atoms with Crippen LogP contribution in [0, 0.1) is 0 Å². The zero-order valence-corrected chi connectivity index (χ0v) is 12.6. The van der Waals surface area contributed by atoms with Crippen LogP contribution in [0.5, 0.6) is 5.75 Å². The molecule has 1 aromatic carbocycles. The van der Waals surface area contributed by atoms with Crippen molar-refractivity contribution in [2.75, 3.05) is 38.6 Å². The number of morpholine rings is 1. The Labute approximate surface area is 132 Å². The number of hydrogen-bond acceptors (Lipinski definition) is 4. The summed E-state index contributed by atoms with van der Waals surface area (Å²) in [5.74, 6) is -0.369. The molecule has 0 aromatic heterocycles. The van der Waals surface area contributed by atoms with Crippen molar-refractivity contribution in [3.05, 3.63) is 24.3 Å². The number of anilines is 1. The van der Waals surface area contributed by atoms with Gasteiger partial charge in [0.15, 0.2) is 11.7 Å². The highest BCUT2D eigenvalue weighted by Gasteiger charge is 2.32. The van der Waals surface area contributed by atoms with Gasteiger partial charge in [0.25, 0.3) is 0 Å². The number of benzene rings is 1.